The van der Waals surface area contributed by atoms with Gasteiger partial charge < -0.3 is 4.74 Å². The van der Waals surface area contributed by atoms with E-state index < -0.39 is 5.60 Å². The molecule has 2 atom stereocenters. The van der Waals surface area contributed by atoms with Crippen LogP contribution in [0.1, 0.15) is 52.3 Å². The number of fused-ring (bicyclic) bond motifs is 2. The number of carbonyl (C=O) groups is 1. The summed E-state index contributed by atoms with van der Waals surface area (Å²) in [5, 5.41) is 0. The molecule has 0 N–H and O–H groups in total. The average Bonchev–Trinajstić information content (AvgIpc) is 2.45. The number of ether oxygens (including phenoxy) is 1. The predicted molar refractivity (Wildman–Crippen MR) is 84.1 cm³/mol. The second kappa shape index (κ2) is 5.71. The Labute approximate surface area is 131 Å². The lowest BCUT2D eigenvalue weighted by Crippen LogP contribution is -2.53. The summed E-state index contributed by atoms with van der Waals surface area (Å²) in [4.78, 5) is 23.1. The minimum Gasteiger partial charge on any atom is -0.444 e. The first-order chi connectivity index (χ1) is 10.4. The molecular weight excluding hydrogens is 278 g/mol. The highest BCUT2D eigenvalue weighted by molar-refractivity contribution is 5.73. The molecule has 2 bridgehead atoms. The molecule has 0 saturated carbocycles. The first-order valence-corrected chi connectivity index (χ1v) is 7.93. The van der Waals surface area contributed by atoms with Crippen molar-refractivity contribution in [2.24, 2.45) is 0 Å². The van der Waals surface area contributed by atoms with Crippen LogP contribution >= 0.6 is 0 Å². The molecule has 1 fully saturated rings. The maximum Gasteiger partial charge on any atom is 0.411 e. The van der Waals surface area contributed by atoms with Gasteiger partial charge in [-0.2, -0.15) is 0 Å². The third-order valence-corrected chi connectivity index (χ3v) is 4.09. The van der Waals surface area contributed by atoms with Crippen molar-refractivity contribution in [1.82, 2.24) is 14.9 Å². The zero-order valence-electron chi connectivity index (χ0n) is 13.5. The fourth-order valence-corrected chi connectivity index (χ4v) is 3.26. The highest BCUT2D eigenvalue weighted by atomic mass is 16.6. The van der Waals surface area contributed by atoms with Crippen molar-refractivity contribution in [3.8, 4) is 0 Å². The predicted octanol–water partition coefficient (Wildman–Crippen LogP) is 3.42. The van der Waals surface area contributed by atoms with Crippen LogP contribution in [0.5, 0.6) is 0 Å². The number of hydrogen-bond acceptors (Lipinski definition) is 4. The van der Waals surface area contributed by atoms with E-state index in [-0.39, 0.29) is 18.2 Å². The van der Waals surface area contributed by atoms with Gasteiger partial charge in [0.05, 0.1) is 6.04 Å². The number of amides is 1. The van der Waals surface area contributed by atoms with Crippen LogP contribution in [0.2, 0.25) is 0 Å². The molecular formula is C17H23N3O2. The lowest BCUT2D eigenvalue weighted by Gasteiger charge is -2.44. The fraction of sp³-hybridized carbons (Fsp3) is 0.588. The molecule has 1 saturated heterocycles. The number of carbonyl (C=O) groups excluding carboxylic acids is 1. The molecule has 0 spiro atoms. The van der Waals surface area contributed by atoms with Gasteiger partial charge in [-0.3, -0.25) is 4.90 Å². The summed E-state index contributed by atoms with van der Waals surface area (Å²) < 4.78 is 5.58. The van der Waals surface area contributed by atoms with E-state index in [4.69, 9.17) is 4.74 Å². The molecule has 0 aromatic carbocycles. The topological polar surface area (TPSA) is 55.3 Å². The van der Waals surface area contributed by atoms with Crippen LogP contribution in [-0.2, 0) is 4.74 Å². The zero-order valence-corrected chi connectivity index (χ0v) is 13.5. The van der Waals surface area contributed by atoms with Crippen LogP contribution < -0.4 is 0 Å². The highest BCUT2D eigenvalue weighted by Crippen LogP contribution is 2.36. The van der Waals surface area contributed by atoms with E-state index >= 15 is 0 Å². The number of hydrogen-bond donors (Lipinski definition) is 0. The van der Waals surface area contributed by atoms with Gasteiger partial charge in [0.1, 0.15) is 5.60 Å². The Kier molecular flexibility index (Phi) is 3.89. The first kappa shape index (κ1) is 15.0. The van der Waals surface area contributed by atoms with E-state index in [0.29, 0.717) is 0 Å². The molecule has 1 amide bonds. The first-order valence-electron chi connectivity index (χ1n) is 7.93. The van der Waals surface area contributed by atoms with Crippen molar-refractivity contribution in [1.29, 1.82) is 0 Å². The molecule has 0 aliphatic carbocycles. The Hall–Kier alpha value is -1.91. The van der Waals surface area contributed by atoms with Gasteiger partial charge in [-0.15, -0.1) is 0 Å². The lowest BCUT2D eigenvalue weighted by molar-refractivity contribution is 0.0000464. The average molecular weight is 301 g/mol. The van der Waals surface area contributed by atoms with Gasteiger partial charge in [-0.05, 0) is 58.1 Å². The second-order valence-electron chi connectivity index (χ2n) is 7.01. The van der Waals surface area contributed by atoms with E-state index in [1.165, 1.54) is 0 Å². The summed E-state index contributed by atoms with van der Waals surface area (Å²) in [6.45, 7) is 5.72. The summed E-state index contributed by atoms with van der Waals surface area (Å²) in [5.74, 6) is 0.781. The summed E-state index contributed by atoms with van der Waals surface area (Å²) in [6.07, 6.45) is 9.42. The molecule has 5 nitrogen and oxygen atoms in total. The molecule has 0 radical (unpaired) electrons. The molecule has 22 heavy (non-hydrogen) atoms. The van der Waals surface area contributed by atoms with Crippen LogP contribution in [0.4, 0.5) is 4.79 Å². The number of aromatic nitrogens is 2. The van der Waals surface area contributed by atoms with Crippen molar-refractivity contribution in [3.63, 3.8) is 0 Å². The van der Waals surface area contributed by atoms with Gasteiger partial charge in [-0.1, -0.05) is 6.08 Å². The summed E-state index contributed by atoms with van der Waals surface area (Å²) in [6, 6.07) is 2.11. The van der Waals surface area contributed by atoms with Crippen molar-refractivity contribution in [2.75, 3.05) is 0 Å². The Morgan fingerprint density at radius 1 is 1.27 bits per heavy atom. The number of rotatable bonds is 1. The molecule has 118 valence electrons. The normalized spacial score (nSPS) is 24.7. The molecule has 2 aliphatic heterocycles. The number of nitrogens with zero attached hydrogens (tertiary/aromatic N) is 3. The highest BCUT2D eigenvalue weighted by Gasteiger charge is 2.39. The van der Waals surface area contributed by atoms with Crippen molar-refractivity contribution in [2.45, 2.75) is 64.1 Å². The monoisotopic (exact) mass is 301 g/mol. The Morgan fingerprint density at radius 3 is 2.64 bits per heavy atom. The molecule has 3 rings (SSSR count). The number of piperidine rings is 1. The minimum absolute atomic E-state index is 0.0983. The molecule has 1 aromatic rings. The van der Waals surface area contributed by atoms with Crippen LogP contribution in [0.3, 0.4) is 0 Å². The van der Waals surface area contributed by atoms with Gasteiger partial charge in [0.25, 0.3) is 0 Å². The van der Waals surface area contributed by atoms with Crippen LogP contribution in [0.15, 0.2) is 24.5 Å². The fourth-order valence-electron chi connectivity index (χ4n) is 3.26. The standard InChI is InChI=1S/C17H23N3O2/c1-17(2,3)22-16(21)20-13-6-4-7-14(20)11-12(10-13)15-18-8-5-9-19-15/h5,8-10,13-14H,4,6-7,11H2,1-3H3. The summed E-state index contributed by atoms with van der Waals surface area (Å²) >= 11 is 0. The lowest BCUT2D eigenvalue weighted by atomic mass is 9.85. The molecule has 1 aromatic heterocycles. The smallest absolute Gasteiger partial charge is 0.411 e. The van der Waals surface area contributed by atoms with Gasteiger partial charge in [0.2, 0.25) is 0 Å². The maximum atomic E-state index is 12.5. The third kappa shape index (κ3) is 3.13. The molecule has 2 aliphatic rings. The molecule has 2 unspecified atom stereocenters. The van der Waals surface area contributed by atoms with Crippen molar-refractivity contribution in [3.05, 3.63) is 30.4 Å². The van der Waals surface area contributed by atoms with E-state index in [2.05, 4.69) is 16.0 Å². The van der Waals surface area contributed by atoms with Gasteiger partial charge in [0, 0.05) is 18.4 Å². The van der Waals surface area contributed by atoms with Crippen LogP contribution in [0.25, 0.3) is 5.57 Å². The van der Waals surface area contributed by atoms with Gasteiger partial charge in [-0.25, -0.2) is 14.8 Å². The van der Waals surface area contributed by atoms with E-state index in [1.807, 2.05) is 31.7 Å². The van der Waals surface area contributed by atoms with Crippen LogP contribution in [0, 0.1) is 0 Å². The summed E-state index contributed by atoms with van der Waals surface area (Å²) in [5.41, 5.74) is 0.688. The van der Waals surface area contributed by atoms with Gasteiger partial charge in [0.15, 0.2) is 5.82 Å². The largest absolute Gasteiger partial charge is 0.444 e. The van der Waals surface area contributed by atoms with Gasteiger partial charge >= 0.3 is 6.09 Å². The maximum absolute atomic E-state index is 12.5. The molecule has 3 heterocycles. The minimum atomic E-state index is -0.460. The second-order valence-corrected chi connectivity index (χ2v) is 7.01. The Bertz CT molecular complexity index is 577. The van der Waals surface area contributed by atoms with E-state index in [1.54, 1.807) is 12.4 Å². The Balaban J connectivity index is 1.84. The van der Waals surface area contributed by atoms with Crippen molar-refractivity contribution < 1.29 is 9.53 Å². The zero-order chi connectivity index (χ0) is 15.7. The SMILES string of the molecule is CC(C)(C)OC(=O)N1C2C=C(c3ncccn3)CC1CCC2. The third-order valence-electron chi connectivity index (χ3n) is 4.09. The van der Waals surface area contributed by atoms with E-state index in [0.717, 1.165) is 37.1 Å². The van der Waals surface area contributed by atoms with Crippen molar-refractivity contribution >= 4 is 11.7 Å². The quantitative estimate of drug-likeness (QED) is 0.797. The molecule has 5 heteroatoms. The van der Waals surface area contributed by atoms with E-state index in [9.17, 15) is 4.79 Å². The summed E-state index contributed by atoms with van der Waals surface area (Å²) in [7, 11) is 0. The van der Waals surface area contributed by atoms with Crippen LogP contribution in [-0.4, -0.2) is 38.6 Å². The Morgan fingerprint density at radius 2 is 2.00 bits per heavy atom.